The second-order valence-electron chi connectivity index (χ2n) is 5.63. The minimum absolute atomic E-state index is 0.0866. The Bertz CT molecular complexity index is 332. The number of likely N-dealkylation sites (tertiary alicyclic amines) is 1. The maximum Gasteiger partial charge on any atom is 0.251 e. The van der Waals surface area contributed by atoms with E-state index in [4.69, 9.17) is 4.74 Å². The van der Waals surface area contributed by atoms with Crippen LogP contribution < -0.4 is 5.32 Å². The zero-order valence-electron chi connectivity index (χ0n) is 11.7. The van der Waals surface area contributed by atoms with Gasteiger partial charge in [-0.05, 0) is 39.0 Å². The van der Waals surface area contributed by atoms with E-state index in [2.05, 4.69) is 5.32 Å². The first-order chi connectivity index (χ1) is 9.12. The van der Waals surface area contributed by atoms with E-state index >= 15 is 0 Å². The van der Waals surface area contributed by atoms with Gasteiger partial charge in [0, 0.05) is 32.7 Å². The lowest BCUT2D eigenvalue weighted by Crippen LogP contribution is -2.45. The van der Waals surface area contributed by atoms with Crippen LogP contribution in [0, 0.1) is 0 Å². The first-order valence-electron chi connectivity index (χ1n) is 7.32. The Morgan fingerprint density at radius 3 is 2.58 bits per heavy atom. The summed E-state index contributed by atoms with van der Waals surface area (Å²) in [5.74, 6) is 0.0638. The average molecular weight is 268 g/mol. The van der Waals surface area contributed by atoms with Gasteiger partial charge in [0.15, 0.2) is 0 Å². The van der Waals surface area contributed by atoms with E-state index < -0.39 is 5.60 Å². The zero-order chi connectivity index (χ0) is 13.7. The number of carbonyl (C=O) groups excluding carboxylic acids is 2. The summed E-state index contributed by atoms with van der Waals surface area (Å²) in [5, 5.41) is 2.82. The molecule has 0 aliphatic carbocycles. The van der Waals surface area contributed by atoms with Crippen molar-refractivity contribution < 1.29 is 14.3 Å². The van der Waals surface area contributed by atoms with E-state index in [-0.39, 0.29) is 11.8 Å². The van der Waals surface area contributed by atoms with E-state index in [1.807, 2.05) is 11.8 Å². The second-order valence-corrected chi connectivity index (χ2v) is 5.63. The summed E-state index contributed by atoms with van der Waals surface area (Å²) in [6, 6.07) is 0. The predicted octanol–water partition coefficient (Wildman–Crippen LogP) is 1.07. The van der Waals surface area contributed by atoms with Crippen LogP contribution in [0.4, 0.5) is 0 Å². The molecule has 5 heteroatoms. The number of rotatable bonds is 4. The van der Waals surface area contributed by atoms with E-state index in [0.29, 0.717) is 19.6 Å². The topological polar surface area (TPSA) is 58.6 Å². The number of ether oxygens (including phenoxy) is 1. The highest BCUT2D eigenvalue weighted by molar-refractivity contribution is 5.85. The average Bonchev–Trinajstić information content (AvgIpc) is 2.88. The molecule has 2 saturated heterocycles. The van der Waals surface area contributed by atoms with E-state index in [0.717, 1.165) is 38.8 Å². The van der Waals surface area contributed by atoms with Crippen molar-refractivity contribution in [2.45, 2.75) is 51.0 Å². The standard InChI is InChI=1S/C14H24N2O3/c1-14(7-5-11-19-14)13(18)15-8-6-12(17)16-9-3-2-4-10-16/h2-11H2,1H3,(H,15,18). The van der Waals surface area contributed by atoms with Crippen LogP contribution in [0.2, 0.25) is 0 Å². The molecule has 108 valence electrons. The molecule has 2 heterocycles. The smallest absolute Gasteiger partial charge is 0.251 e. The lowest BCUT2D eigenvalue weighted by Gasteiger charge is -2.27. The van der Waals surface area contributed by atoms with Gasteiger partial charge in [-0.2, -0.15) is 0 Å². The van der Waals surface area contributed by atoms with E-state index in [1.54, 1.807) is 0 Å². The summed E-state index contributed by atoms with van der Waals surface area (Å²) < 4.78 is 5.47. The van der Waals surface area contributed by atoms with E-state index in [1.165, 1.54) is 6.42 Å². The third-order valence-corrected chi connectivity index (χ3v) is 4.03. The van der Waals surface area contributed by atoms with Crippen LogP contribution in [0.5, 0.6) is 0 Å². The summed E-state index contributed by atoms with van der Waals surface area (Å²) in [7, 11) is 0. The maximum atomic E-state index is 12.0. The Kier molecular flexibility index (Phi) is 4.80. The number of hydrogen-bond acceptors (Lipinski definition) is 3. The van der Waals surface area contributed by atoms with Crippen LogP contribution >= 0.6 is 0 Å². The Labute approximate surface area is 114 Å². The SMILES string of the molecule is CC1(C(=O)NCCC(=O)N2CCCCC2)CCCO1. The Morgan fingerprint density at radius 1 is 1.21 bits per heavy atom. The normalized spacial score (nSPS) is 27.3. The largest absolute Gasteiger partial charge is 0.365 e. The number of nitrogens with zero attached hydrogens (tertiary/aromatic N) is 1. The highest BCUT2D eigenvalue weighted by Crippen LogP contribution is 2.24. The molecule has 0 bridgehead atoms. The third kappa shape index (κ3) is 3.69. The maximum absolute atomic E-state index is 12.0. The van der Waals surface area contributed by atoms with Crippen molar-refractivity contribution in [1.82, 2.24) is 10.2 Å². The number of piperidine rings is 1. The van der Waals surface area contributed by atoms with Crippen LogP contribution in [0.1, 0.15) is 45.4 Å². The molecule has 0 aromatic heterocycles. The molecule has 2 fully saturated rings. The van der Waals surface area contributed by atoms with Crippen molar-refractivity contribution in [3.8, 4) is 0 Å². The van der Waals surface area contributed by atoms with Crippen LogP contribution in [0.25, 0.3) is 0 Å². The monoisotopic (exact) mass is 268 g/mol. The molecule has 2 aliphatic rings. The molecule has 5 nitrogen and oxygen atoms in total. The number of hydrogen-bond donors (Lipinski definition) is 1. The van der Waals surface area contributed by atoms with Gasteiger partial charge in [0.25, 0.3) is 5.91 Å². The molecule has 19 heavy (non-hydrogen) atoms. The minimum atomic E-state index is -0.686. The van der Waals surface area contributed by atoms with Crippen molar-refractivity contribution in [3.63, 3.8) is 0 Å². The molecular weight excluding hydrogens is 244 g/mol. The van der Waals surface area contributed by atoms with Gasteiger partial charge in [0.05, 0.1) is 0 Å². The fourth-order valence-electron chi connectivity index (χ4n) is 2.73. The molecule has 0 aromatic rings. The van der Waals surface area contributed by atoms with Crippen molar-refractivity contribution in [2.75, 3.05) is 26.2 Å². The minimum Gasteiger partial charge on any atom is -0.365 e. The van der Waals surface area contributed by atoms with Gasteiger partial charge in [-0.1, -0.05) is 0 Å². The quantitative estimate of drug-likeness (QED) is 0.830. The zero-order valence-corrected chi connectivity index (χ0v) is 11.7. The van der Waals surface area contributed by atoms with Gasteiger partial charge >= 0.3 is 0 Å². The number of carbonyl (C=O) groups is 2. The molecule has 0 spiro atoms. The Morgan fingerprint density at radius 2 is 1.95 bits per heavy atom. The van der Waals surface area contributed by atoms with Gasteiger partial charge in [-0.3, -0.25) is 9.59 Å². The first-order valence-corrected chi connectivity index (χ1v) is 7.32. The van der Waals surface area contributed by atoms with Crippen molar-refractivity contribution in [2.24, 2.45) is 0 Å². The Balaban J connectivity index is 1.68. The summed E-state index contributed by atoms with van der Waals surface area (Å²) >= 11 is 0. The van der Waals surface area contributed by atoms with Gasteiger partial charge in [0.1, 0.15) is 5.60 Å². The van der Waals surface area contributed by atoms with Crippen LogP contribution in [-0.4, -0.2) is 48.6 Å². The van der Waals surface area contributed by atoms with Crippen molar-refractivity contribution in [1.29, 1.82) is 0 Å². The van der Waals surface area contributed by atoms with Crippen molar-refractivity contribution >= 4 is 11.8 Å². The first kappa shape index (κ1) is 14.3. The van der Waals surface area contributed by atoms with Crippen LogP contribution in [-0.2, 0) is 14.3 Å². The molecule has 2 aliphatic heterocycles. The summed E-state index contributed by atoms with van der Waals surface area (Å²) in [5.41, 5.74) is -0.686. The summed E-state index contributed by atoms with van der Waals surface area (Å²) in [6.45, 7) is 4.62. The van der Waals surface area contributed by atoms with Crippen LogP contribution in [0.3, 0.4) is 0 Å². The molecule has 0 radical (unpaired) electrons. The second kappa shape index (κ2) is 6.37. The summed E-state index contributed by atoms with van der Waals surface area (Å²) in [4.78, 5) is 25.8. The summed E-state index contributed by atoms with van der Waals surface area (Å²) in [6.07, 6.45) is 5.50. The molecule has 1 N–H and O–H groups in total. The van der Waals surface area contributed by atoms with E-state index in [9.17, 15) is 9.59 Å². The van der Waals surface area contributed by atoms with Crippen molar-refractivity contribution in [3.05, 3.63) is 0 Å². The lowest BCUT2D eigenvalue weighted by atomic mass is 10.0. The lowest BCUT2D eigenvalue weighted by molar-refractivity contribution is -0.139. The van der Waals surface area contributed by atoms with Gasteiger partial charge in [-0.25, -0.2) is 0 Å². The predicted molar refractivity (Wildman–Crippen MR) is 71.6 cm³/mol. The number of amides is 2. The highest BCUT2D eigenvalue weighted by Gasteiger charge is 2.37. The molecule has 2 rings (SSSR count). The highest BCUT2D eigenvalue weighted by atomic mass is 16.5. The van der Waals surface area contributed by atoms with Gasteiger partial charge in [0.2, 0.25) is 5.91 Å². The molecule has 0 aromatic carbocycles. The fraction of sp³-hybridized carbons (Fsp3) is 0.857. The number of nitrogens with one attached hydrogen (secondary N) is 1. The molecule has 2 amide bonds. The Hall–Kier alpha value is -1.10. The fourth-order valence-corrected chi connectivity index (χ4v) is 2.73. The van der Waals surface area contributed by atoms with Gasteiger partial charge in [-0.15, -0.1) is 0 Å². The third-order valence-electron chi connectivity index (χ3n) is 4.03. The molecule has 1 unspecified atom stereocenters. The molecule has 1 atom stereocenters. The molecule has 0 saturated carbocycles. The van der Waals surface area contributed by atoms with Crippen LogP contribution in [0.15, 0.2) is 0 Å². The van der Waals surface area contributed by atoms with Gasteiger partial charge < -0.3 is 15.0 Å². The molecular formula is C14H24N2O3.